The van der Waals surface area contributed by atoms with Gasteiger partial charge in [0, 0.05) is 6.54 Å². The third-order valence-electron chi connectivity index (χ3n) is 6.29. The predicted molar refractivity (Wildman–Crippen MR) is 146 cm³/mol. The van der Waals surface area contributed by atoms with Crippen LogP contribution in [0.15, 0.2) is 77.7 Å². The zero-order chi connectivity index (χ0) is 27.3. The molecule has 202 valence electrons. The first-order valence-electron chi connectivity index (χ1n) is 12.5. The minimum Gasteiger partial charge on any atom is -0.497 e. The van der Waals surface area contributed by atoms with Crippen molar-refractivity contribution in [1.29, 1.82) is 0 Å². The quantitative estimate of drug-likeness (QED) is 0.409. The van der Waals surface area contributed by atoms with Crippen molar-refractivity contribution >= 4 is 21.6 Å². The van der Waals surface area contributed by atoms with Crippen molar-refractivity contribution in [2.24, 2.45) is 0 Å². The van der Waals surface area contributed by atoms with Crippen LogP contribution in [0.4, 0.5) is 5.69 Å². The van der Waals surface area contributed by atoms with Crippen LogP contribution in [0.3, 0.4) is 0 Å². The molecule has 0 saturated heterocycles. The van der Waals surface area contributed by atoms with E-state index < -0.39 is 22.0 Å². The largest absolute Gasteiger partial charge is 0.497 e. The van der Waals surface area contributed by atoms with Gasteiger partial charge in [-0.25, -0.2) is 8.42 Å². The lowest BCUT2D eigenvalue weighted by Crippen LogP contribution is -2.51. The number of anilines is 1. The molecule has 0 aliphatic carbocycles. The Morgan fingerprint density at radius 2 is 1.76 bits per heavy atom. The first-order valence-corrected chi connectivity index (χ1v) is 13.9. The summed E-state index contributed by atoms with van der Waals surface area (Å²) >= 11 is 0. The number of carbonyl (C=O) groups excluding carboxylic acids is 1. The van der Waals surface area contributed by atoms with Crippen molar-refractivity contribution in [3.05, 3.63) is 83.9 Å². The number of methoxy groups -OCH3 is 1. The van der Waals surface area contributed by atoms with Crippen LogP contribution in [0.1, 0.15) is 31.9 Å². The average molecular weight is 539 g/mol. The molecule has 8 nitrogen and oxygen atoms in total. The van der Waals surface area contributed by atoms with Crippen molar-refractivity contribution in [3.63, 3.8) is 0 Å². The molecule has 1 heterocycles. The number of rotatable bonds is 9. The minimum absolute atomic E-state index is 0.0979. The zero-order valence-electron chi connectivity index (χ0n) is 22.1. The molecule has 3 aromatic rings. The second-order valence-electron chi connectivity index (χ2n) is 10.1. The maximum Gasteiger partial charge on any atom is 0.264 e. The molecular formula is C29H34N2O6S. The molecule has 38 heavy (non-hydrogen) atoms. The number of nitrogens with zero attached hydrogens (tertiary/aromatic N) is 1. The molecule has 1 aliphatic rings. The molecule has 0 spiro atoms. The van der Waals surface area contributed by atoms with Gasteiger partial charge in [0.25, 0.3) is 15.9 Å². The number of fused-ring (bicyclic) bond motifs is 1. The Hall–Kier alpha value is -3.56. The number of benzene rings is 3. The number of amides is 1. The van der Waals surface area contributed by atoms with Gasteiger partial charge in [0.05, 0.1) is 37.5 Å². The van der Waals surface area contributed by atoms with E-state index in [2.05, 4.69) is 26.1 Å². The molecule has 0 aromatic heterocycles. The smallest absolute Gasteiger partial charge is 0.264 e. The summed E-state index contributed by atoms with van der Waals surface area (Å²) in [4.78, 5) is 13.1. The van der Waals surface area contributed by atoms with Gasteiger partial charge in [0.2, 0.25) is 0 Å². The monoisotopic (exact) mass is 538 g/mol. The van der Waals surface area contributed by atoms with E-state index in [1.807, 2.05) is 42.5 Å². The Bertz CT molecular complexity index is 1350. The highest BCUT2D eigenvalue weighted by Crippen LogP contribution is 2.40. The Morgan fingerprint density at radius 3 is 2.42 bits per heavy atom. The third kappa shape index (κ3) is 6.28. The van der Waals surface area contributed by atoms with Gasteiger partial charge in [-0.1, -0.05) is 57.2 Å². The number of hydrogen-bond donors (Lipinski definition) is 1. The Morgan fingerprint density at radius 1 is 1.05 bits per heavy atom. The van der Waals surface area contributed by atoms with Gasteiger partial charge < -0.3 is 19.5 Å². The summed E-state index contributed by atoms with van der Waals surface area (Å²) in [7, 11) is -2.48. The number of nitrogens with one attached hydrogen (secondary N) is 1. The third-order valence-corrected chi connectivity index (χ3v) is 8.09. The molecule has 0 unspecified atom stereocenters. The lowest BCUT2D eigenvalue weighted by Gasteiger charge is -2.36. The van der Waals surface area contributed by atoms with E-state index in [0.29, 0.717) is 30.4 Å². The fourth-order valence-corrected chi connectivity index (χ4v) is 5.55. The summed E-state index contributed by atoms with van der Waals surface area (Å²) in [5.41, 5.74) is 2.19. The molecule has 0 saturated carbocycles. The van der Waals surface area contributed by atoms with E-state index in [1.165, 1.54) is 23.5 Å². The fraction of sp³-hybridized carbons (Fsp3) is 0.345. The SMILES string of the molecule is COc1ccc(S(=O)(=O)N2C[C@@H](C(=O)NCCOCc3ccccc3)Oc3ccc(C(C)(C)C)cc32)cc1. The second-order valence-corrected chi connectivity index (χ2v) is 11.9. The van der Waals surface area contributed by atoms with Crippen molar-refractivity contribution in [2.45, 2.75) is 43.8 Å². The second kappa shape index (κ2) is 11.4. The van der Waals surface area contributed by atoms with Crippen LogP contribution in [0.5, 0.6) is 11.5 Å². The van der Waals surface area contributed by atoms with Gasteiger partial charge in [-0.2, -0.15) is 0 Å². The van der Waals surface area contributed by atoms with Crippen LogP contribution in [0.25, 0.3) is 0 Å². The van der Waals surface area contributed by atoms with Crippen LogP contribution in [-0.2, 0) is 31.6 Å². The fourth-order valence-electron chi connectivity index (χ4n) is 4.08. The van der Waals surface area contributed by atoms with Crippen molar-refractivity contribution in [3.8, 4) is 11.5 Å². The zero-order valence-corrected chi connectivity index (χ0v) is 23.0. The standard InChI is InChI=1S/C29H34N2O6S/c1-29(2,3)22-10-15-26-25(18-22)31(38(33,34)24-13-11-23(35-4)12-14-24)19-27(37-26)28(32)30-16-17-36-20-21-8-6-5-7-9-21/h5-15,18,27H,16-17,19-20H2,1-4H3,(H,30,32)/t27-/m0/s1. The summed E-state index contributed by atoms with van der Waals surface area (Å²) in [5, 5.41) is 2.80. The van der Waals surface area contributed by atoms with Crippen molar-refractivity contribution in [1.82, 2.24) is 5.32 Å². The van der Waals surface area contributed by atoms with E-state index in [-0.39, 0.29) is 23.4 Å². The lowest BCUT2D eigenvalue weighted by molar-refractivity contribution is -0.128. The first kappa shape index (κ1) is 27.5. The van der Waals surface area contributed by atoms with Crippen LogP contribution in [0, 0.1) is 0 Å². The summed E-state index contributed by atoms with van der Waals surface area (Å²) in [5.74, 6) is 0.476. The van der Waals surface area contributed by atoms with E-state index in [9.17, 15) is 13.2 Å². The van der Waals surface area contributed by atoms with E-state index >= 15 is 0 Å². The molecule has 0 bridgehead atoms. The molecule has 1 N–H and O–H groups in total. The molecule has 9 heteroatoms. The summed E-state index contributed by atoms with van der Waals surface area (Å²) < 4.78 is 45.7. The molecule has 1 atom stereocenters. The summed E-state index contributed by atoms with van der Waals surface area (Å²) in [6, 6.07) is 21.4. The Labute approximate surface area is 224 Å². The highest BCUT2D eigenvalue weighted by molar-refractivity contribution is 7.92. The molecule has 1 amide bonds. The van der Waals surface area contributed by atoms with Gasteiger partial charge in [-0.3, -0.25) is 9.10 Å². The van der Waals surface area contributed by atoms with E-state index in [0.717, 1.165) is 11.1 Å². The number of carbonyl (C=O) groups is 1. The van der Waals surface area contributed by atoms with Gasteiger partial charge in [0.1, 0.15) is 11.5 Å². The highest BCUT2D eigenvalue weighted by atomic mass is 32.2. The van der Waals surface area contributed by atoms with Gasteiger partial charge in [-0.05, 0) is 52.9 Å². The summed E-state index contributed by atoms with van der Waals surface area (Å²) in [6.07, 6.45) is -1.02. The highest BCUT2D eigenvalue weighted by Gasteiger charge is 2.38. The molecule has 4 rings (SSSR count). The first-order chi connectivity index (χ1) is 18.1. The Kier molecular flexibility index (Phi) is 8.28. The minimum atomic E-state index is -4.00. The Balaban J connectivity index is 1.52. The van der Waals surface area contributed by atoms with Gasteiger partial charge >= 0.3 is 0 Å². The number of hydrogen-bond acceptors (Lipinski definition) is 6. The molecular weight excluding hydrogens is 504 g/mol. The van der Waals surface area contributed by atoms with E-state index in [1.54, 1.807) is 18.2 Å². The normalized spacial score (nSPS) is 15.4. The van der Waals surface area contributed by atoms with Crippen LogP contribution in [-0.4, -0.2) is 47.2 Å². The average Bonchev–Trinajstić information content (AvgIpc) is 2.91. The van der Waals surface area contributed by atoms with Crippen molar-refractivity contribution < 1.29 is 27.4 Å². The topological polar surface area (TPSA) is 94.2 Å². The van der Waals surface area contributed by atoms with Crippen molar-refractivity contribution in [2.75, 3.05) is 31.1 Å². The molecule has 1 aliphatic heterocycles. The van der Waals surface area contributed by atoms with E-state index in [4.69, 9.17) is 14.2 Å². The predicted octanol–water partition coefficient (Wildman–Crippen LogP) is 4.28. The van der Waals surface area contributed by atoms with Crippen LogP contribution >= 0.6 is 0 Å². The number of ether oxygens (including phenoxy) is 3. The number of sulfonamides is 1. The summed E-state index contributed by atoms with van der Waals surface area (Å²) in [6.45, 7) is 7.02. The maximum absolute atomic E-state index is 13.8. The molecule has 0 fully saturated rings. The molecule has 0 radical (unpaired) electrons. The lowest BCUT2D eigenvalue weighted by atomic mass is 9.86. The van der Waals surface area contributed by atoms with Gasteiger partial charge in [-0.15, -0.1) is 0 Å². The molecule has 3 aromatic carbocycles. The van der Waals surface area contributed by atoms with Gasteiger partial charge in [0.15, 0.2) is 6.10 Å². The maximum atomic E-state index is 13.8. The van der Waals surface area contributed by atoms with Crippen LogP contribution < -0.4 is 19.1 Å². The van der Waals surface area contributed by atoms with Crippen LogP contribution in [0.2, 0.25) is 0 Å².